The van der Waals surface area contributed by atoms with E-state index in [1.807, 2.05) is 13.8 Å². The molecule has 1 heterocycles. The van der Waals surface area contributed by atoms with Crippen LogP contribution in [0.15, 0.2) is 6.07 Å². The maximum atomic E-state index is 12.6. The summed E-state index contributed by atoms with van der Waals surface area (Å²) in [5.74, 6) is -4.03. The zero-order chi connectivity index (χ0) is 14.6. The lowest BCUT2D eigenvalue weighted by molar-refractivity contribution is -0.168. The average molecular weight is 301 g/mol. The van der Waals surface area contributed by atoms with Crippen molar-refractivity contribution < 1.29 is 22.3 Å². The summed E-state index contributed by atoms with van der Waals surface area (Å²) < 4.78 is 53.5. The fourth-order valence-corrected chi connectivity index (χ4v) is 1.39. The Bertz CT molecular complexity index is 429. The molecule has 0 saturated heterocycles. The van der Waals surface area contributed by atoms with Gasteiger partial charge in [-0.2, -0.15) is 8.78 Å². The molecule has 0 bridgehead atoms. The molecule has 0 amide bonds. The van der Waals surface area contributed by atoms with E-state index in [-0.39, 0.29) is 16.9 Å². The van der Waals surface area contributed by atoms with Gasteiger partial charge in [-0.15, -0.1) is 0 Å². The molecule has 0 atom stereocenters. The van der Waals surface area contributed by atoms with Gasteiger partial charge in [0.05, 0.1) is 0 Å². The lowest BCUT2D eigenvalue weighted by Crippen LogP contribution is -2.32. The topological polar surface area (TPSA) is 35.0 Å². The predicted octanol–water partition coefficient (Wildman–Crippen LogP) is 3.67. The minimum absolute atomic E-state index is 0.0711. The van der Waals surface area contributed by atoms with Gasteiger partial charge in [-0.05, 0) is 12.0 Å². The van der Waals surface area contributed by atoms with Gasteiger partial charge in [0, 0.05) is 5.69 Å². The van der Waals surface area contributed by atoms with Crippen molar-refractivity contribution in [3.8, 4) is 0 Å². The second kappa shape index (κ2) is 6.47. The van der Waals surface area contributed by atoms with Gasteiger partial charge in [0.2, 0.25) is 0 Å². The second-order valence-corrected chi connectivity index (χ2v) is 4.63. The fourth-order valence-electron chi connectivity index (χ4n) is 1.19. The molecule has 108 valence electrons. The molecule has 0 fully saturated rings. The molecule has 0 aromatic carbocycles. The lowest BCUT2D eigenvalue weighted by atomic mass is 10.1. The number of halogens is 5. The molecule has 0 N–H and O–H groups in total. The number of nitrogens with zero attached hydrogens (tertiary/aromatic N) is 2. The molecule has 0 aliphatic carbocycles. The van der Waals surface area contributed by atoms with E-state index in [2.05, 4.69) is 14.7 Å². The summed E-state index contributed by atoms with van der Waals surface area (Å²) in [4.78, 5) is 7.82. The van der Waals surface area contributed by atoms with Crippen molar-refractivity contribution in [1.29, 1.82) is 0 Å². The first-order valence-corrected chi connectivity index (χ1v) is 5.87. The monoisotopic (exact) mass is 300 g/mol. The minimum atomic E-state index is -4.18. The molecule has 0 aliphatic heterocycles. The van der Waals surface area contributed by atoms with Crippen LogP contribution in [0, 0.1) is 0 Å². The Morgan fingerprint density at radius 1 is 1.32 bits per heavy atom. The summed E-state index contributed by atoms with van der Waals surface area (Å²) >= 11 is 5.74. The third kappa shape index (κ3) is 4.91. The highest BCUT2D eigenvalue weighted by atomic mass is 35.5. The highest BCUT2D eigenvalue weighted by molar-refractivity contribution is 6.29. The summed E-state index contributed by atoms with van der Waals surface area (Å²) in [6, 6.07) is 1.55. The smallest absolute Gasteiger partial charge is 0.330 e. The molecule has 1 rings (SSSR count). The van der Waals surface area contributed by atoms with Crippen molar-refractivity contribution in [2.45, 2.75) is 38.7 Å². The van der Waals surface area contributed by atoms with Gasteiger partial charge >= 0.3 is 12.3 Å². The summed E-state index contributed by atoms with van der Waals surface area (Å²) in [7, 11) is 0. The minimum Gasteiger partial charge on any atom is -0.367 e. The summed E-state index contributed by atoms with van der Waals surface area (Å²) in [5, 5.41) is 0.151. The first-order valence-electron chi connectivity index (χ1n) is 5.49. The fraction of sp³-hybridized carbons (Fsp3) is 0.636. The maximum Gasteiger partial charge on any atom is 0.330 e. The number of ether oxygens (including phenoxy) is 1. The SMILES string of the molecule is CC(C)c1cc(Cl)nc(COCC(F)(F)C(F)F)n1. The molecular weight excluding hydrogens is 288 g/mol. The maximum absolute atomic E-state index is 12.6. The number of hydrogen-bond donors (Lipinski definition) is 0. The van der Waals surface area contributed by atoms with E-state index in [9.17, 15) is 17.6 Å². The molecule has 0 spiro atoms. The van der Waals surface area contributed by atoms with Gasteiger partial charge in [0.1, 0.15) is 18.4 Å². The van der Waals surface area contributed by atoms with Gasteiger partial charge in [0.15, 0.2) is 5.82 Å². The number of aromatic nitrogens is 2. The number of rotatable bonds is 6. The highest BCUT2D eigenvalue weighted by Gasteiger charge is 2.41. The van der Waals surface area contributed by atoms with Crippen molar-refractivity contribution in [2.24, 2.45) is 0 Å². The van der Waals surface area contributed by atoms with E-state index in [1.165, 1.54) is 0 Å². The Kier molecular flexibility index (Phi) is 5.49. The predicted molar refractivity (Wildman–Crippen MR) is 61.7 cm³/mol. The van der Waals surface area contributed by atoms with E-state index in [0.29, 0.717) is 5.69 Å². The summed E-state index contributed by atoms with van der Waals surface area (Å²) in [6.07, 6.45) is -3.76. The lowest BCUT2D eigenvalue weighted by Gasteiger charge is -2.15. The van der Waals surface area contributed by atoms with Crippen LogP contribution in [0.1, 0.15) is 31.3 Å². The van der Waals surface area contributed by atoms with Crippen LogP contribution in [0.3, 0.4) is 0 Å². The Labute approximate surface area is 113 Å². The highest BCUT2D eigenvalue weighted by Crippen LogP contribution is 2.23. The molecule has 1 aromatic heterocycles. The first-order chi connectivity index (χ1) is 8.72. The van der Waals surface area contributed by atoms with Gasteiger partial charge in [-0.3, -0.25) is 0 Å². The number of alkyl halides is 4. The molecule has 8 heteroatoms. The van der Waals surface area contributed by atoms with Crippen LogP contribution in [-0.4, -0.2) is 28.9 Å². The Hall–Kier alpha value is -0.950. The van der Waals surface area contributed by atoms with Gasteiger partial charge in [0.25, 0.3) is 0 Å². The molecule has 1 aromatic rings. The zero-order valence-corrected chi connectivity index (χ0v) is 11.1. The van der Waals surface area contributed by atoms with Crippen LogP contribution in [-0.2, 0) is 11.3 Å². The van der Waals surface area contributed by atoms with Crippen LogP contribution in [0.25, 0.3) is 0 Å². The van der Waals surface area contributed by atoms with Crippen LogP contribution >= 0.6 is 11.6 Å². The van der Waals surface area contributed by atoms with Crippen LogP contribution in [0.2, 0.25) is 5.15 Å². The molecule has 3 nitrogen and oxygen atoms in total. The van der Waals surface area contributed by atoms with Crippen molar-refractivity contribution in [3.63, 3.8) is 0 Å². The van der Waals surface area contributed by atoms with Crippen LogP contribution < -0.4 is 0 Å². The van der Waals surface area contributed by atoms with Crippen molar-refractivity contribution in [1.82, 2.24) is 9.97 Å². The van der Waals surface area contributed by atoms with Crippen molar-refractivity contribution in [2.75, 3.05) is 6.61 Å². The molecule has 0 unspecified atom stereocenters. The molecular formula is C11H13ClF4N2O. The zero-order valence-electron chi connectivity index (χ0n) is 10.3. The summed E-state index contributed by atoms with van der Waals surface area (Å²) in [5.41, 5.74) is 0.624. The van der Waals surface area contributed by atoms with Gasteiger partial charge in [-0.1, -0.05) is 25.4 Å². The van der Waals surface area contributed by atoms with E-state index in [1.54, 1.807) is 6.07 Å². The molecule has 0 aliphatic rings. The van der Waals surface area contributed by atoms with Crippen molar-refractivity contribution >= 4 is 11.6 Å². The Morgan fingerprint density at radius 3 is 2.47 bits per heavy atom. The standard InChI is InChI=1S/C11H13ClF4N2O/c1-6(2)7-3-8(12)18-9(17-7)4-19-5-11(15,16)10(13)14/h3,6,10H,4-5H2,1-2H3. The third-order valence-electron chi connectivity index (χ3n) is 2.20. The second-order valence-electron chi connectivity index (χ2n) is 4.24. The van der Waals surface area contributed by atoms with E-state index >= 15 is 0 Å². The Morgan fingerprint density at radius 2 is 1.95 bits per heavy atom. The Balaban J connectivity index is 2.63. The normalized spacial score (nSPS) is 12.5. The van der Waals surface area contributed by atoms with Crippen molar-refractivity contribution in [3.05, 3.63) is 22.7 Å². The molecule has 0 radical (unpaired) electrons. The quantitative estimate of drug-likeness (QED) is 0.594. The third-order valence-corrected chi connectivity index (χ3v) is 2.39. The largest absolute Gasteiger partial charge is 0.367 e. The van der Waals surface area contributed by atoms with Gasteiger partial charge < -0.3 is 4.74 Å². The van der Waals surface area contributed by atoms with Crippen LogP contribution in [0.4, 0.5) is 17.6 Å². The van der Waals surface area contributed by atoms with E-state index < -0.39 is 25.6 Å². The van der Waals surface area contributed by atoms with E-state index in [0.717, 1.165) is 0 Å². The average Bonchev–Trinajstić information content (AvgIpc) is 2.27. The van der Waals surface area contributed by atoms with Gasteiger partial charge in [-0.25, -0.2) is 18.7 Å². The summed E-state index contributed by atoms with van der Waals surface area (Å²) in [6.45, 7) is 1.95. The molecule has 19 heavy (non-hydrogen) atoms. The molecule has 0 saturated carbocycles. The first kappa shape index (κ1) is 16.1. The number of hydrogen-bond acceptors (Lipinski definition) is 3. The van der Waals surface area contributed by atoms with E-state index in [4.69, 9.17) is 11.6 Å². The van der Waals surface area contributed by atoms with Crippen LogP contribution in [0.5, 0.6) is 0 Å².